The predicted octanol–water partition coefficient (Wildman–Crippen LogP) is 2.77. The van der Waals surface area contributed by atoms with E-state index in [0.29, 0.717) is 16.3 Å². The Kier molecular flexibility index (Phi) is 5.58. The molecular weight excluding hydrogens is 284 g/mol. The first-order valence-electron chi connectivity index (χ1n) is 5.84. The van der Waals surface area contributed by atoms with Crippen molar-refractivity contribution < 1.29 is 24.2 Å². The third-order valence-corrected chi connectivity index (χ3v) is 2.54. The second-order valence-electron chi connectivity index (χ2n) is 4.20. The maximum Gasteiger partial charge on any atom is 0.378 e. The molecule has 20 heavy (non-hydrogen) atoms. The van der Waals surface area contributed by atoms with E-state index in [1.165, 1.54) is 12.1 Å². The number of benzene rings is 1. The van der Waals surface area contributed by atoms with Gasteiger partial charge in [0.25, 0.3) is 5.78 Å². The molecule has 108 valence electrons. The molecule has 0 bridgehead atoms. The number of carbonyl (C=O) groups is 2. The lowest BCUT2D eigenvalue weighted by Gasteiger charge is -2.12. The Morgan fingerprint density at radius 3 is 2.50 bits per heavy atom. The number of methoxy groups -OCH3 is 1. The predicted molar refractivity (Wildman–Crippen MR) is 74.8 cm³/mol. The lowest BCUT2D eigenvalue weighted by atomic mass is 10.1. The molecule has 0 aliphatic carbocycles. The van der Waals surface area contributed by atoms with Gasteiger partial charge in [0.15, 0.2) is 0 Å². The summed E-state index contributed by atoms with van der Waals surface area (Å²) in [5.74, 6) is -1.91. The van der Waals surface area contributed by atoms with Gasteiger partial charge in [0, 0.05) is 11.6 Å². The fourth-order valence-corrected chi connectivity index (χ4v) is 1.60. The molecular formula is C14H15ClO5. The summed E-state index contributed by atoms with van der Waals surface area (Å²) in [4.78, 5) is 22.2. The summed E-state index contributed by atoms with van der Waals surface area (Å²) in [6.45, 7) is 3.72. The summed E-state index contributed by atoms with van der Waals surface area (Å²) >= 11 is 6.00. The van der Waals surface area contributed by atoms with E-state index in [2.05, 4.69) is 4.74 Å². The number of halogens is 1. The van der Waals surface area contributed by atoms with Crippen LogP contribution in [-0.4, -0.2) is 30.1 Å². The number of aliphatic hydroxyl groups is 1. The van der Waals surface area contributed by atoms with Gasteiger partial charge < -0.3 is 14.6 Å². The van der Waals surface area contributed by atoms with Crippen molar-refractivity contribution in [2.24, 2.45) is 0 Å². The maximum absolute atomic E-state index is 11.3. The molecule has 0 aromatic heterocycles. The van der Waals surface area contributed by atoms with E-state index in [1.54, 1.807) is 6.07 Å². The van der Waals surface area contributed by atoms with Gasteiger partial charge in [-0.3, -0.25) is 4.79 Å². The van der Waals surface area contributed by atoms with Gasteiger partial charge in [-0.1, -0.05) is 11.6 Å². The highest BCUT2D eigenvalue weighted by atomic mass is 35.5. The minimum Gasteiger partial charge on any atom is -0.507 e. The van der Waals surface area contributed by atoms with Gasteiger partial charge in [0.2, 0.25) is 0 Å². The first-order valence-corrected chi connectivity index (χ1v) is 6.22. The third-order valence-electron chi connectivity index (χ3n) is 2.24. The first kappa shape index (κ1) is 16.0. The van der Waals surface area contributed by atoms with Crippen molar-refractivity contribution in [1.29, 1.82) is 0 Å². The van der Waals surface area contributed by atoms with Crippen LogP contribution in [-0.2, 0) is 14.3 Å². The number of ether oxygens (including phenoxy) is 2. The highest BCUT2D eigenvalue weighted by Crippen LogP contribution is 2.28. The fourth-order valence-electron chi connectivity index (χ4n) is 1.38. The van der Waals surface area contributed by atoms with Crippen LogP contribution in [0.25, 0.3) is 5.76 Å². The fraction of sp³-hybridized carbons (Fsp3) is 0.286. The molecule has 0 spiro atoms. The molecule has 0 heterocycles. The SMILES string of the molecule is COC(=O)C(=O)/C=C(\O)c1ccc(OC(C)C)c(Cl)c1. The minimum absolute atomic E-state index is 0.0385. The van der Waals surface area contributed by atoms with Crippen LogP contribution in [0.15, 0.2) is 24.3 Å². The second kappa shape index (κ2) is 6.96. The summed E-state index contributed by atoms with van der Waals surface area (Å²) in [6.07, 6.45) is 0.740. The average molecular weight is 299 g/mol. The van der Waals surface area contributed by atoms with Gasteiger partial charge >= 0.3 is 5.97 Å². The number of ketones is 1. The molecule has 0 aliphatic heterocycles. The van der Waals surface area contributed by atoms with Crippen molar-refractivity contribution in [1.82, 2.24) is 0 Å². The molecule has 0 saturated carbocycles. The Labute approximate surface area is 121 Å². The summed E-state index contributed by atoms with van der Waals surface area (Å²) in [5.41, 5.74) is 0.295. The number of hydrogen-bond acceptors (Lipinski definition) is 5. The molecule has 1 aromatic carbocycles. The molecule has 0 atom stereocenters. The average Bonchev–Trinajstić information content (AvgIpc) is 2.39. The van der Waals surface area contributed by atoms with Gasteiger partial charge in [0.05, 0.1) is 18.2 Å². The van der Waals surface area contributed by atoms with Crippen LogP contribution < -0.4 is 4.74 Å². The molecule has 1 aromatic rings. The monoisotopic (exact) mass is 298 g/mol. The van der Waals surface area contributed by atoms with Gasteiger partial charge in [-0.15, -0.1) is 0 Å². The van der Waals surface area contributed by atoms with Crippen LogP contribution in [0, 0.1) is 0 Å². The van der Waals surface area contributed by atoms with E-state index in [9.17, 15) is 14.7 Å². The highest BCUT2D eigenvalue weighted by Gasteiger charge is 2.14. The smallest absolute Gasteiger partial charge is 0.378 e. The Bertz CT molecular complexity index is 548. The molecule has 0 aliphatic rings. The Balaban J connectivity index is 2.98. The van der Waals surface area contributed by atoms with Crippen molar-refractivity contribution in [3.05, 3.63) is 34.9 Å². The number of esters is 1. The van der Waals surface area contributed by atoms with E-state index >= 15 is 0 Å². The molecule has 0 fully saturated rings. The van der Waals surface area contributed by atoms with Gasteiger partial charge in [-0.25, -0.2) is 4.79 Å². The van der Waals surface area contributed by atoms with E-state index in [-0.39, 0.29) is 11.9 Å². The van der Waals surface area contributed by atoms with E-state index < -0.39 is 11.8 Å². The maximum atomic E-state index is 11.3. The molecule has 0 radical (unpaired) electrons. The number of rotatable bonds is 5. The van der Waals surface area contributed by atoms with Gasteiger partial charge in [-0.05, 0) is 32.0 Å². The van der Waals surface area contributed by atoms with Crippen molar-refractivity contribution >= 4 is 29.1 Å². The zero-order chi connectivity index (χ0) is 15.3. The molecule has 0 unspecified atom stereocenters. The van der Waals surface area contributed by atoms with Crippen LogP contribution in [0.3, 0.4) is 0 Å². The topological polar surface area (TPSA) is 72.8 Å². The van der Waals surface area contributed by atoms with Crippen LogP contribution in [0.2, 0.25) is 5.02 Å². The number of hydrogen-bond donors (Lipinski definition) is 1. The summed E-state index contributed by atoms with van der Waals surface area (Å²) in [7, 11) is 1.08. The van der Waals surface area contributed by atoms with Crippen LogP contribution >= 0.6 is 11.6 Å². The van der Waals surface area contributed by atoms with Crippen molar-refractivity contribution in [3.63, 3.8) is 0 Å². The number of carbonyl (C=O) groups excluding carboxylic acids is 2. The van der Waals surface area contributed by atoms with E-state index in [0.717, 1.165) is 13.2 Å². The van der Waals surface area contributed by atoms with Crippen LogP contribution in [0.1, 0.15) is 19.4 Å². The summed E-state index contributed by atoms with van der Waals surface area (Å²) in [5, 5.41) is 10.1. The Morgan fingerprint density at radius 1 is 1.35 bits per heavy atom. The largest absolute Gasteiger partial charge is 0.507 e. The zero-order valence-corrected chi connectivity index (χ0v) is 12.1. The lowest BCUT2D eigenvalue weighted by Crippen LogP contribution is -2.13. The van der Waals surface area contributed by atoms with Crippen LogP contribution in [0.4, 0.5) is 0 Å². The molecule has 1 rings (SSSR count). The normalized spacial score (nSPS) is 11.3. The molecule has 1 N–H and O–H groups in total. The molecule has 0 amide bonds. The van der Waals surface area contributed by atoms with Crippen molar-refractivity contribution in [2.45, 2.75) is 20.0 Å². The van der Waals surface area contributed by atoms with Crippen LogP contribution in [0.5, 0.6) is 5.75 Å². The lowest BCUT2D eigenvalue weighted by molar-refractivity contribution is -0.149. The quantitative estimate of drug-likeness (QED) is 0.392. The molecule has 6 heteroatoms. The molecule has 0 saturated heterocycles. The zero-order valence-electron chi connectivity index (χ0n) is 11.3. The first-order chi connectivity index (χ1) is 9.35. The standard InChI is InChI=1S/C14H15ClO5/c1-8(2)20-13-5-4-9(6-10(13)15)11(16)7-12(17)14(18)19-3/h4-8,16H,1-3H3/b11-7-. The van der Waals surface area contributed by atoms with Crippen molar-refractivity contribution in [3.8, 4) is 5.75 Å². The van der Waals surface area contributed by atoms with Gasteiger partial charge in [0.1, 0.15) is 11.5 Å². The second-order valence-corrected chi connectivity index (χ2v) is 4.60. The summed E-state index contributed by atoms with van der Waals surface area (Å²) < 4.78 is 9.69. The number of aliphatic hydroxyl groups excluding tert-OH is 1. The highest BCUT2D eigenvalue weighted by molar-refractivity contribution is 6.39. The Morgan fingerprint density at radius 2 is 2.00 bits per heavy atom. The van der Waals surface area contributed by atoms with Crippen molar-refractivity contribution in [2.75, 3.05) is 7.11 Å². The minimum atomic E-state index is -1.05. The molecule has 5 nitrogen and oxygen atoms in total. The summed E-state index contributed by atoms with van der Waals surface area (Å²) in [6, 6.07) is 4.54. The van der Waals surface area contributed by atoms with E-state index in [4.69, 9.17) is 16.3 Å². The van der Waals surface area contributed by atoms with E-state index in [1.807, 2.05) is 13.8 Å². The van der Waals surface area contributed by atoms with Gasteiger partial charge in [-0.2, -0.15) is 0 Å². The Hall–Kier alpha value is -2.01. The third kappa shape index (κ3) is 4.28.